The van der Waals surface area contributed by atoms with E-state index in [0.717, 1.165) is 29.6 Å². The first kappa shape index (κ1) is 14.3. The maximum atomic E-state index is 11.8. The number of H-pyrrole nitrogens is 2. The molecule has 0 aliphatic carbocycles. The average Bonchev–Trinajstić information content (AvgIpc) is 2.74. The molecule has 3 N–H and O–H groups in total. The summed E-state index contributed by atoms with van der Waals surface area (Å²) >= 11 is 0. The molecule has 1 amide bonds. The third-order valence-electron chi connectivity index (χ3n) is 3.05. The number of rotatable bonds is 6. The Morgan fingerprint density at radius 3 is 2.75 bits per heavy atom. The first-order chi connectivity index (χ1) is 9.54. The molecule has 0 bridgehead atoms. The molecule has 6 heteroatoms. The predicted molar refractivity (Wildman–Crippen MR) is 78.8 cm³/mol. The molecule has 0 aliphatic rings. The minimum atomic E-state index is -0.231. The van der Waals surface area contributed by atoms with E-state index in [1.165, 1.54) is 0 Å². The summed E-state index contributed by atoms with van der Waals surface area (Å²) in [5.41, 5.74) is 2.14. The Hall–Kier alpha value is -2.08. The maximum Gasteiger partial charge on any atom is 0.323 e. The minimum Gasteiger partial charge on any atom is -0.356 e. The van der Waals surface area contributed by atoms with Crippen molar-refractivity contribution in [3.63, 3.8) is 0 Å². The molecule has 0 saturated carbocycles. The van der Waals surface area contributed by atoms with Gasteiger partial charge in [-0.3, -0.25) is 4.79 Å². The van der Waals surface area contributed by atoms with E-state index in [4.69, 9.17) is 0 Å². The van der Waals surface area contributed by atoms with E-state index in [9.17, 15) is 9.59 Å². The van der Waals surface area contributed by atoms with E-state index in [0.29, 0.717) is 13.0 Å². The molecule has 2 rings (SSSR count). The second kappa shape index (κ2) is 6.38. The van der Waals surface area contributed by atoms with Gasteiger partial charge < -0.3 is 20.2 Å². The van der Waals surface area contributed by atoms with Crippen molar-refractivity contribution in [2.24, 2.45) is 0 Å². The van der Waals surface area contributed by atoms with Crippen LogP contribution in [0.15, 0.2) is 23.0 Å². The second-order valence-corrected chi connectivity index (χ2v) is 5.14. The fraction of sp³-hybridized carbons (Fsp3) is 0.429. The smallest absolute Gasteiger partial charge is 0.323 e. The highest BCUT2D eigenvalue weighted by molar-refractivity contribution is 5.81. The Morgan fingerprint density at radius 2 is 2.00 bits per heavy atom. The molecule has 0 saturated heterocycles. The van der Waals surface area contributed by atoms with Crippen LogP contribution in [-0.2, 0) is 11.2 Å². The topological polar surface area (TPSA) is 81.0 Å². The zero-order valence-corrected chi connectivity index (χ0v) is 11.8. The molecule has 1 aromatic heterocycles. The van der Waals surface area contributed by atoms with Gasteiger partial charge in [0.1, 0.15) is 0 Å². The molecule has 0 unspecified atom stereocenters. The summed E-state index contributed by atoms with van der Waals surface area (Å²) in [7, 11) is 4.02. The van der Waals surface area contributed by atoms with Gasteiger partial charge in [0.25, 0.3) is 0 Å². The number of fused-ring (bicyclic) bond motifs is 1. The lowest BCUT2D eigenvalue weighted by atomic mass is 10.1. The average molecular weight is 276 g/mol. The van der Waals surface area contributed by atoms with Crippen LogP contribution in [0.1, 0.15) is 12.0 Å². The Labute approximate surface area is 117 Å². The van der Waals surface area contributed by atoms with Crippen molar-refractivity contribution in [1.29, 1.82) is 0 Å². The van der Waals surface area contributed by atoms with E-state index >= 15 is 0 Å². The van der Waals surface area contributed by atoms with Crippen LogP contribution in [0.4, 0.5) is 0 Å². The minimum absolute atomic E-state index is 0.000916. The van der Waals surface area contributed by atoms with Crippen molar-refractivity contribution < 1.29 is 4.79 Å². The number of hydrogen-bond acceptors (Lipinski definition) is 3. The van der Waals surface area contributed by atoms with Crippen LogP contribution in [0.2, 0.25) is 0 Å². The van der Waals surface area contributed by atoms with Crippen LogP contribution >= 0.6 is 0 Å². The molecule has 0 spiro atoms. The number of aromatic amines is 2. The number of hydrogen-bond donors (Lipinski definition) is 3. The molecule has 1 heterocycles. The van der Waals surface area contributed by atoms with Crippen LogP contribution < -0.4 is 11.0 Å². The lowest BCUT2D eigenvalue weighted by Gasteiger charge is -2.09. The summed E-state index contributed by atoms with van der Waals surface area (Å²) in [4.78, 5) is 30.4. The van der Waals surface area contributed by atoms with Crippen molar-refractivity contribution in [2.45, 2.75) is 12.8 Å². The zero-order chi connectivity index (χ0) is 14.5. The zero-order valence-electron chi connectivity index (χ0n) is 11.8. The molecule has 1 aromatic carbocycles. The Balaban J connectivity index is 1.87. The Morgan fingerprint density at radius 1 is 1.25 bits per heavy atom. The predicted octanol–water partition coefficient (Wildman–Crippen LogP) is 0.467. The molecule has 0 fully saturated rings. The summed E-state index contributed by atoms with van der Waals surface area (Å²) in [6, 6.07) is 5.49. The number of benzene rings is 1. The number of carbonyl (C=O) groups is 1. The maximum absolute atomic E-state index is 11.8. The highest BCUT2D eigenvalue weighted by Gasteiger charge is 2.05. The van der Waals surface area contributed by atoms with Crippen molar-refractivity contribution >= 4 is 16.9 Å². The summed E-state index contributed by atoms with van der Waals surface area (Å²) < 4.78 is 0. The summed E-state index contributed by atoms with van der Waals surface area (Å²) in [5.74, 6) is 0.000916. The SMILES string of the molecule is CN(C)CCCNC(=O)Cc1ccc2[nH]c(=O)[nH]c2c1. The summed E-state index contributed by atoms with van der Waals surface area (Å²) in [5, 5.41) is 2.89. The third kappa shape index (κ3) is 3.96. The number of imidazole rings is 1. The lowest BCUT2D eigenvalue weighted by Crippen LogP contribution is -2.28. The van der Waals surface area contributed by atoms with Gasteiger partial charge in [-0.15, -0.1) is 0 Å². The molecule has 2 aromatic rings. The molecule has 20 heavy (non-hydrogen) atoms. The molecular weight excluding hydrogens is 256 g/mol. The van der Waals surface area contributed by atoms with E-state index in [-0.39, 0.29) is 11.6 Å². The normalized spacial score (nSPS) is 11.2. The second-order valence-electron chi connectivity index (χ2n) is 5.14. The van der Waals surface area contributed by atoms with Gasteiger partial charge in [-0.2, -0.15) is 0 Å². The highest BCUT2D eigenvalue weighted by Crippen LogP contribution is 2.10. The van der Waals surface area contributed by atoms with Crippen molar-refractivity contribution in [1.82, 2.24) is 20.2 Å². The quantitative estimate of drug-likeness (QED) is 0.671. The lowest BCUT2D eigenvalue weighted by molar-refractivity contribution is -0.120. The number of aromatic nitrogens is 2. The van der Waals surface area contributed by atoms with Crippen molar-refractivity contribution in [2.75, 3.05) is 27.2 Å². The number of nitrogens with one attached hydrogen (secondary N) is 3. The van der Waals surface area contributed by atoms with Crippen LogP contribution in [0, 0.1) is 0 Å². The number of amides is 1. The fourth-order valence-electron chi connectivity index (χ4n) is 2.06. The molecular formula is C14H20N4O2. The van der Waals surface area contributed by atoms with Gasteiger partial charge >= 0.3 is 5.69 Å². The van der Waals surface area contributed by atoms with E-state index in [1.807, 2.05) is 32.3 Å². The Bertz CT molecular complexity index is 642. The van der Waals surface area contributed by atoms with Gasteiger partial charge in [0.05, 0.1) is 17.5 Å². The number of nitrogens with zero attached hydrogens (tertiary/aromatic N) is 1. The standard InChI is InChI=1S/C14H20N4O2/c1-18(2)7-3-6-15-13(19)9-10-4-5-11-12(8-10)17-14(20)16-11/h4-5,8H,3,6-7,9H2,1-2H3,(H,15,19)(H2,16,17,20). The van der Waals surface area contributed by atoms with Gasteiger partial charge in [-0.25, -0.2) is 4.79 Å². The van der Waals surface area contributed by atoms with E-state index < -0.39 is 0 Å². The van der Waals surface area contributed by atoms with Crippen LogP contribution in [0.3, 0.4) is 0 Å². The summed E-state index contributed by atoms with van der Waals surface area (Å²) in [6.45, 7) is 1.64. The number of carbonyl (C=O) groups excluding carboxylic acids is 1. The van der Waals surface area contributed by atoms with Gasteiger partial charge in [0.15, 0.2) is 0 Å². The molecule has 108 valence electrons. The Kier molecular flexibility index (Phi) is 4.57. The van der Waals surface area contributed by atoms with Gasteiger partial charge in [-0.1, -0.05) is 6.07 Å². The van der Waals surface area contributed by atoms with Crippen LogP contribution in [0.25, 0.3) is 11.0 Å². The molecule has 0 radical (unpaired) electrons. The van der Waals surface area contributed by atoms with E-state index in [2.05, 4.69) is 20.2 Å². The van der Waals surface area contributed by atoms with E-state index in [1.54, 1.807) is 0 Å². The summed E-state index contributed by atoms with van der Waals surface area (Å²) in [6.07, 6.45) is 1.26. The van der Waals surface area contributed by atoms with Crippen molar-refractivity contribution in [3.8, 4) is 0 Å². The molecule has 6 nitrogen and oxygen atoms in total. The first-order valence-corrected chi connectivity index (χ1v) is 6.67. The van der Waals surface area contributed by atoms with Gasteiger partial charge in [-0.05, 0) is 44.8 Å². The highest BCUT2D eigenvalue weighted by atomic mass is 16.1. The largest absolute Gasteiger partial charge is 0.356 e. The molecule has 0 atom stereocenters. The van der Waals surface area contributed by atoms with Crippen LogP contribution in [0.5, 0.6) is 0 Å². The first-order valence-electron chi connectivity index (χ1n) is 6.67. The van der Waals surface area contributed by atoms with Gasteiger partial charge in [0, 0.05) is 6.54 Å². The monoisotopic (exact) mass is 276 g/mol. The van der Waals surface area contributed by atoms with Crippen molar-refractivity contribution in [3.05, 3.63) is 34.2 Å². The third-order valence-corrected chi connectivity index (χ3v) is 3.05. The molecule has 0 aliphatic heterocycles. The fourth-order valence-corrected chi connectivity index (χ4v) is 2.06. The van der Waals surface area contributed by atoms with Gasteiger partial charge in [0.2, 0.25) is 5.91 Å². The van der Waals surface area contributed by atoms with Crippen LogP contribution in [-0.4, -0.2) is 48.0 Å².